The Balaban J connectivity index is 1.29. The zero-order chi connectivity index (χ0) is 35.4. The lowest BCUT2D eigenvalue weighted by molar-refractivity contribution is -0.265. The van der Waals surface area contributed by atoms with Gasteiger partial charge >= 0.3 is 6.18 Å². The third-order valence-electron chi connectivity index (χ3n) is 9.12. The molecule has 15 heteroatoms. The fourth-order valence-corrected chi connectivity index (χ4v) is 6.33. The molecule has 0 spiro atoms. The molecular formula is C35H29F4N7O4. The number of aryl methyl sites for hydroxylation is 1. The highest BCUT2D eigenvalue weighted by atomic mass is 19.4. The zero-order valence-corrected chi connectivity index (χ0v) is 26.4. The number of ether oxygens (including phenoxy) is 1. The molecule has 3 aromatic heterocycles. The van der Waals surface area contributed by atoms with Gasteiger partial charge < -0.3 is 26.2 Å². The molecule has 2 atom stereocenters. The molecule has 1 aliphatic carbocycles. The van der Waals surface area contributed by atoms with E-state index in [1.54, 1.807) is 25.3 Å². The Hall–Kier alpha value is -5.70. The number of halogens is 4. The molecule has 50 heavy (non-hydrogen) atoms. The topological polar surface area (TPSA) is 165 Å². The van der Waals surface area contributed by atoms with Crippen LogP contribution in [0.2, 0.25) is 0 Å². The number of aliphatic hydroxyl groups is 1. The molecule has 4 heterocycles. The van der Waals surface area contributed by atoms with Crippen molar-refractivity contribution in [3.63, 3.8) is 0 Å². The van der Waals surface area contributed by atoms with E-state index in [1.165, 1.54) is 36.7 Å². The quantitative estimate of drug-likeness (QED) is 0.156. The fraction of sp³-hybridized carbons (Fsp3) is 0.257. The Kier molecular flexibility index (Phi) is 7.89. The molecule has 1 unspecified atom stereocenters. The van der Waals surface area contributed by atoms with E-state index in [4.69, 9.17) is 10.5 Å². The summed E-state index contributed by atoms with van der Waals surface area (Å²) in [5.41, 5.74) is 1.31. The first-order valence-electron chi connectivity index (χ1n) is 15.6. The van der Waals surface area contributed by atoms with E-state index in [2.05, 4.69) is 30.6 Å². The SMILES string of the molecule is Cc1cnc2c(Nc3ncccn3)cc(C(=O)NCC(O)(c3cc4c(c(-c5ccc(F)cc5)n3)OC[C@@]4(C(N)=O)C3CC3)C(F)(F)F)cc2c1. The van der Waals surface area contributed by atoms with E-state index in [1.807, 2.05) is 0 Å². The van der Waals surface area contributed by atoms with Crippen LogP contribution < -0.4 is 21.1 Å². The lowest BCUT2D eigenvalue weighted by Gasteiger charge is -2.32. The van der Waals surface area contributed by atoms with Gasteiger partial charge in [-0.15, -0.1) is 0 Å². The summed E-state index contributed by atoms with van der Waals surface area (Å²) in [4.78, 5) is 43.4. The van der Waals surface area contributed by atoms with Crippen LogP contribution in [0.5, 0.6) is 5.75 Å². The first-order valence-corrected chi connectivity index (χ1v) is 15.6. The number of benzene rings is 2. The number of nitrogens with two attached hydrogens (primary N) is 1. The number of nitrogens with zero attached hydrogens (tertiary/aromatic N) is 4. The number of pyridine rings is 2. The third-order valence-corrected chi connectivity index (χ3v) is 9.12. The molecule has 0 bridgehead atoms. The maximum Gasteiger partial charge on any atom is 0.424 e. The van der Waals surface area contributed by atoms with E-state index in [0.29, 0.717) is 29.4 Å². The Labute approximate surface area is 281 Å². The number of anilines is 2. The van der Waals surface area contributed by atoms with Crippen molar-refractivity contribution in [2.75, 3.05) is 18.5 Å². The van der Waals surface area contributed by atoms with Crippen molar-refractivity contribution < 1.29 is 37.0 Å². The largest absolute Gasteiger partial charge is 0.489 e. The standard InChI is InChI=1S/C35H29F4N7O4/c1-18-11-20-12-21(13-25(27(20)43-15-18)45-32-41-9-2-10-42-32)30(47)44-16-34(49,35(37,38)39)26-14-24-29(28(46-26)19-3-7-23(36)8-4-19)50-17-33(24,31(40)48)22-5-6-22/h2-4,7-15,22,49H,5-6,16-17H2,1H3,(H2,40,48)(H,44,47)(H,41,42,45)/t33-,34?/m1/s1. The summed E-state index contributed by atoms with van der Waals surface area (Å²) in [5.74, 6) is -2.43. The predicted octanol–water partition coefficient (Wildman–Crippen LogP) is 4.98. The predicted molar refractivity (Wildman–Crippen MR) is 173 cm³/mol. The second-order valence-electron chi connectivity index (χ2n) is 12.5. The van der Waals surface area contributed by atoms with E-state index in [0.717, 1.165) is 23.8 Å². The molecule has 2 amide bonds. The highest BCUT2D eigenvalue weighted by Crippen LogP contribution is 2.56. The normalized spacial score (nSPS) is 18.2. The number of nitrogens with one attached hydrogen (secondary N) is 2. The fourth-order valence-electron chi connectivity index (χ4n) is 6.33. The minimum absolute atomic E-state index is 0.0158. The third kappa shape index (κ3) is 5.62. The van der Waals surface area contributed by atoms with Gasteiger partial charge in [0, 0.05) is 40.7 Å². The van der Waals surface area contributed by atoms with E-state index in [-0.39, 0.29) is 46.6 Å². The van der Waals surface area contributed by atoms with Gasteiger partial charge in [-0.1, -0.05) is 0 Å². The van der Waals surface area contributed by atoms with Gasteiger partial charge in [0.2, 0.25) is 17.5 Å². The second-order valence-corrected chi connectivity index (χ2v) is 12.5. The Morgan fingerprint density at radius 3 is 2.44 bits per heavy atom. The summed E-state index contributed by atoms with van der Waals surface area (Å²) in [5, 5.41) is 17.2. The molecule has 5 N–H and O–H groups in total. The number of amides is 2. The Morgan fingerprint density at radius 2 is 1.78 bits per heavy atom. The summed E-state index contributed by atoms with van der Waals surface area (Å²) in [6.45, 7) is 0.205. The molecule has 2 aromatic carbocycles. The number of carbonyl (C=O) groups is 2. The van der Waals surface area contributed by atoms with E-state index < -0.39 is 47.1 Å². The molecule has 0 radical (unpaired) electrons. The van der Waals surface area contributed by atoms with Crippen LogP contribution >= 0.6 is 0 Å². The minimum atomic E-state index is -5.38. The van der Waals surface area contributed by atoms with Crippen molar-refractivity contribution in [2.45, 2.75) is 37.0 Å². The zero-order valence-electron chi connectivity index (χ0n) is 26.4. The maximum absolute atomic E-state index is 15.0. The first-order chi connectivity index (χ1) is 23.8. The van der Waals surface area contributed by atoms with Crippen LogP contribution in [-0.4, -0.2) is 56.2 Å². The van der Waals surface area contributed by atoms with Gasteiger partial charge in [-0.25, -0.2) is 19.3 Å². The number of hydrogen-bond donors (Lipinski definition) is 4. The maximum atomic E-state index is 15.0. The second kappa shape index (κ2) is 12.0. The van der Waals surface area contributed by atoms with Crippen molar-refractivity contribution in [3.8, 4) is 17.0 Å². The lowest BCUT2D eigenvalue weighted by Crippen LogP contribution is -2.52. The number of hydrogen-bond acceptors (Lipinski definition) is 9. The van der Waals surface area contributed by atoms with Crippen LogP contribution in [0.25, 0.3) is 22.2 Å². The number of rotatable bonds is 9. The summed E-state index contributed by atoms with van der Waals surface area (Å²) < 4.78 is 64.8. The summed E-state index contributed by atoms with van der Waals surface area (Å²) in [6, 6.07) is 12.0. The van der Waals surface area contributed by atoms with Gasteiger partial charge in [-0.05, 0) is 85.8 Å². The number of aromatic nitrogens is 4. The molecule has 2 aliphatic rings. The Bertz CT molecular complexity index is 2150. The van der Waals surface area contributed by atoms with Crippen LogP contribution in [0.1, 0.15) is 40.0 Å². The number of carbonyl (C=O) groups excluding carboxylic acids is 2. The van der Waals surface area contributed by atoms with Crippen molar-refractivity contribution in [1.82, 2.24) is 25.3 Å². The average molecular weight is 688 g/mol. The van der Waals surface area contributed by atoms with Gasteiger partial charge in [0.05, 0.1) is 23.4 Å². The molecule has 1 saturated carbocycles. The molecule has 5 aromatic rings. The van der Waals surface area contributed by atoms with Gasteiger partial charge in [0.25, 0.3) is 5.91 Å². The number of fused-ring (bicyclic) bond motifs is 2. The minimum Gasteiger partial charge on any atom is -0.489 e. The number of alkyl halides is 3. The van der Waals surface area contributed by atoms with Crippen LogP contribution in [0.15, 0.2) is 73.2 Å². The van der Waals surface area contributed by atoms with Crippen LogP contribution in [0, 0.1) is 18.7 Å². The molecule has 7 rings (SSSR count). The lowest BCUT2D eigenvalue weighted by atomic mass is 9.76. The monoisotopic (exact) mass is 687 g/mol. The summed E-state index contributed by atoms with van der Waals surface area (Å²) in [7, 11) is 0. The molecule has 1 fully saturated rings. The average Bonchev–Trinajstić information content (AvgIpc) is 3.86. The highest BCUT2D eigenvalue weighted by Gasteiger charge is 2.60. The summed E-state index contributed by atoms with van der Waals surface area (Å²) in [6.07, 6.45) is 0.419. The van der Waals surface area contributed by atoms with Crippen LogP contribution in [-0.2, 0) is 15.8 Å². The van der Waals surface area contributed by atoms with Gasteiger partial charge in [-0.2, -0.15) is 13.2 Å². The van der Waals surface area contributed by atoms with Crippen molar-refractivity contribution in [2.24, 2.45) is 11.7 Å². The number of primary amides is 1. The van der Waals surface area contributed by atoms with Crippen LogP contribution in [0.3, 0.4) is 0 Å². The van der Waals surface area contributed by atoms with Gasteiger partial charge in [0.1, 0.15) is 29.3 Å². The van der Waals surface area contributed by atoms with Crippen molar-refractivity contribution in [1.29, 1.82) is 0 Å². The van der Waals surface area contributed by atoms with Gasteiger partial charge in [-0.3, -0.25) is 14.6 Å². The van der Waals surface area contributed by atoms with Crippen molar-refractivity contribution in [3.05, 3.63) is 101 Å². The van der Waals surface area contributed by atoms with Gasteiger partial charge in [0.15, 0.2) is 0 Å². The molecule has 1 aliphatic heterocycles. The van der Waals surface area contributed by atoms with E-state index >= 15 is 13.2 Å². The smallest absolute Gasteiger partial charge is 0.424 e. The molecule has 11 nitrogen and oxygen atoms in total. The summed E-state index contributed by atoms with van der Waals surface area (Å²) >= 11 is 0. The van der Waals surface area contributed by atoms with Crippen LogP contribution in [0.4, 0.5) is 29.2 Å². The molecular weight excluding hydrogens is 658 g/mol. The molecule has 256 valence electrons. The first kappa shape index (κ1) is 32.8. The molecule has 0 saturated heterocycles. The Morgan fingerprint density at radius 1 is 1.06 bits per heavy atom. The van der Waals surface area contributed by atoms with E-state index in [9.17, 15) is 19.1 Å². The highest BCUT2D eigenvalue weighted by molar-refractivity contribution is 6.02. The van der Waals surface area contributed by atoms with Crippen molar-refractivity contribution >= 4 is 34.4 Å².